The molecule has 0 aromatic heterocycles. The molecule has 0 radical (unpaired) electrons. The monoisotopic (exact) mass is 229 g/mol. The number of carbonyl (C=O) groups is 2. The quantitative estimate of drug-likeness (QED) is 0.841. The van der Waals surface area contributed by atoms with Crippen LogP contribution in [-0.2, 0) is 4.79 Å². The summed E-state index contributed by atoms with van der Waals surface area (Å²) >= 11 is 0. The molecule has 4 nitrogen and oxygen atoms in total. The first kappa shape index (κ1) is 11.1. The molecule has 0 saturated carbocycles. The maximum atomic E-state index is 11.8. The van der Waals surface area contributed by atoms with Crippen LogP contribution in [0.2, 0.25) is 0 Å². The van der Waals surface area contributed by atoms with Crippen molar-refractivity contribution >= 4 is 22.6 Å². The summed E-state index contributed by atoms with van der Waals surface area (Å²) < 4.78 is 0. The van der Waals surface area contributed by atoms with E-state index in [1.54, 1.807) is 12.1 Å². The highest BCUT2D eigenvalue weighted by molar-refractivity contribution is 6.07. The first-order valence-electron chi connectivity index (χ1n) is 5.16. The van der Waals surface area contributed by atoms with Crippen molar-refractivity contribution in [3.05, 3.63) is 48.0 Å². The minimum absolute atomic E-state index is 0.371. The van der Waals surface area contributed by atoms with E-state index in [1.165, 1.54) is 0 Å². The van der Waals surface area contributed by atoms with Crippen molar-refractivity contribution < 1.29 is 14.7 Å². The number of aliphatic carboxylic acids is 1. The molecule has 0 aliphatic carbocycles. The number of nitrogens with one attached hydrogen (secondary N) is 1. The summed E-state index contributed by atoms with van der Waals surface area (Å²) in [6, 6.07) is 12.8. The van der Waals surface area contributed by atoms with Gasteiger partial charge >= 0.3 is 5.97 Å². The molecule has 0 aliphatic heterocycles. The highest BCUT2D eigenvalue weighted by Crippen LogP contribution is 2.18. The fourth-order valence-electron chi connectivity index (χ4n) is 1.67. The van der Waals surface area contributed by atoms with Crippen molar-refractivity contribution in [2.75, 3.05) is 6.54 Å². The van der Waals surface area contributed by atoms with Gasteiger partial charge in [0.1, 0.15) is 6.54 Å². The molecule has 0 fully saturated rings. The minimum Gasteiger partial charge on any atom is -0.480 e. The molecule has 17 heavy (non-hydrogen) atoms. The predicted molar refractivity (Wildman–Crippen MR) is 63.9 cm³/mol. The molecule has 0 atom stereocenters. The van der Waals surface area contributed by atoms with Crippen molar-refractivity contribution in [1.29, 1.82) is 0 Å². The zero-order chi connectivity index (χ0) is 12.3. The second-order valence-electron chi connectivity index (χ2n) is 3.60. The third-order valence-electron chi connectivity index (χ3n) is 2.43. The van der Waals surface area contributed by atoms with Crippen LogP contribution in [0.4, 0.5) is 0 Å². The Hall–Kier alpha value is -2.36. The van der Waals surface area contributed by atoms with Crippen LogP contribution < -0.4 is 5.32 Å². The smallest absolute Gasteiger partial charge is 0.322 e. The molecule has 2 aromatic carbocycles. The van der Waals surface area contributed by atoms with Crippen LogP contribution >= 0.6 is 0 Å². The van der Waals surface area contributed by atoms with E-state index in [9.17, 15) is 9.59 Å². The largest absolute Gasteiger partial charge is 0.480 e. The number of carboxylic acids is 1. The van der Waals surface area contributed by atoms with Gasteiger partial charge in [-0.05, 0) is 16.8 Å². The van der Waals surface area contributed by atoms with Crippen LogP contribution in [0.5, 0.6) is 0 Å². The fourth-order valence-corrected chi connectivity index (χ4v) is 1.67. The lowest BCUT2D eigenvalue weighted by molar-refractivity contribution is -0.135. The predicted octanol–water partition coefficient (Wildman–Crippen LogP) is 1.65. The summed E-state index contributed by atoms with van der Waals surface area (Å²) in [5.41, 5.74) is 0.490. The molecule has 4 heteroatoms. The van der Waals surface area contributed by atoms with E-state index in [2.05, 4.69) is 5.32 Å². The number of hydrogen-bond acceptors (Lipinski definition) is 2. The second kappa shape index (κ2) is 4.65. The number of carboxylic acid groups (broad SMARTS) is 1. The first-order chi connectivity index (χ1) is 8.18. The molecule has 0 bridgehead atoms. The van der Waals surface area contributed by atoms with E-state index in [1.807, 2.05) is 30.3 Å². The van der Waals surface area contributed by atoms with E-state index < -0.39 is 5.97 Å². The van der Waals surface area contributed by atoms with Crippen LogP contribution in [0, 0.1) is 0 Å². The average molecular weight is 229 g/mol. The Morgan fingerprint density at radius 1 is 1.06 bits per heavy atom. The van der Waals surface area contributed by atoms with Gasteiger partial charge < -0.3 is 10.4 Å². The van der Waals surface area contributed by atoms with E-state index in [-0.39, 0.29) is 12.5 Å². The van der Waals surface area contributed by atoms with Crippen LogP contribution in [0.3, 0.4) is 0 Å². The molecule has 0 unspecified atom stereocenters. The van der Waals surface area contributed by atoms with Gasteiger partial charge in [-0.1, -0.05) is 36.4 Å². The van der Waals surface area contributed by atoms with Gasteiger partial charge in [0.15, 0.2) is 0 Å². The van der Waals surface area contributed by atoms with Crippen LogP contribution in [0.1, 0.15) is 10.4 Å². The zero-order valence-electron chi connectivity index (χ0n) is 9.01. The van der Waals surface area contributed by atoms with Gasteiger partial charge in [0.05, 0.1) is 0 Å². The molecule has 2 aromatic rings. The van der Waals surface area contributed by atoms with Gasteiger partial charge in [-0.15, -0.1) is 0 Å². The highest BCUT2D eigenvalue weighted by Gasteiger charge is 2.09. The Balaban J connectivity index is 2.35. The van der Waals surface area contributed by atoms with Gasteiger partial charge in [0, 0.05) is 5.56 Å². The number of rotatable bonds is 3. The Morgan fingerprint density at radius 3 is 2.53 bits per heavy atom. The summed E-state index contributed by atoms with van der Waals surface area (Å²) in [6.45, 7) is -0.373. The number of carbonyl (C=O) groups excluding carboxylic acids is 1. The van der Waals surface area contributed by atoms with Gasteiger partial charge in [0.25, 0.3) is 5.91 Å². The van der Waals surface area contributed by atoms with Crippen molar-refractivity contribution in [3.8, 4) is 0 Å². The maximum absolute atomic E-state index is 11.8. The molecular formula is C13H11NO3. The second-order valence-corrected chi connectivity index (χ2v) is 3.60. The molecular weight excluding hydrogens is 218 g/mol. The van der Waals surface area contributed by atoms with E-state index in [4.69, 9.17) is 5.11 Å². The van der Waals surface area contributed by atoms with Gasteiger partial charge in [-0.2, -0.15) is 0 Å². The summed E-state index contributed by atoms with van der Waals surface area (Å²) in [4.78, 5) is 22.2. The zero-order valence-corrected chi connectivity index (χ0v) is 9.01. The van der Waals surface area contributed by atoms with Crippen LogP contribution in [0.15, 0.2) is 42.5 Å². The first-order valence-corrected chi connectivity index (χ1v) is 5.16. The molecule has 86 valence electrons. The van der Waals surface area contributed by atoms with Crippen molar-refractivity contribution in [2.45, 2.75) is 0 Å². The van der Waals surface area contributed by atoms with E-state index >= 15 is 0 Å². The molecule has 1 amide bonds. The third kappa shape index (κ3) is 2.42. The van der Waals surface area contributed by atoms with Crippen LogP contribution in [0.25, 0.3) is 10.8 Å². The molecule has 2 N–H and O–H groups in total. The topological polar surface area (TPSA) is 66.4 Å². The number of benzene rings is 2. The molecule has 2 rings (SSSR count). The Morgan fingerprint density at radius 2 is 1.76 bits per heavy atom. The fraction of sp³-hybridized carbons (Fsp3) is 0.0769. The van der Waals surface area contributed by atoms with Crippen molar-refractivity contribution in [1.82, 2.24) is 5.32 Å². The van der Waals surface area contributed by atoms with Crippen LogP contribution in [-0.4, -0.2) is 23.5 Å². The van der Waals surface area contributed by atoms with Gasteiger partial charge in [-0.3, -0.25) is 9.59 Å². The van der Waals surface area contributed by atoms with Gasteiger partial charge in [-0.25, -0.2) is 0 Å². The van der Waals surface area contributed by atoms with Crippen molar-refractivity contribution in [3.63, 3.8) is 0 Å². The molecule has 0 aliphatic rings. The summed E-state index contributed by atoms with van der Waals surface area (Å²) in [5, 5.41) is 12.6. The number of amides is 1. The Labute approximate surface area is 97.9 Å². The average Bonchev–Trinajstić information content (AvgIpc) is 2.35. The maximum Gasteiger partial charge on any atom is 0.322 e. The summed E-state index contributed by atoms with van der Waals surface area (Å²) in [7, 11) is 0. The SMILES string of the molecule is O=C(O)CNC(=O)c1cccc2ccccc12. The lowest BCUT2D eigenvalue weighted by atomic mass is 10.0. The minimum atomic E-state index is -1.06. The third-order valence-corrected chi connectivity index (χ3v) is 2.43. The highest BCUT2D eigenvalue weighted by atomic mass is 16.4. The lowest BCUT2D eigenvalue weighted by Crippen LogP contribution is -2.29. The van der Waals surface area contributed by atoms with E-state index in [0.717, 1.165) is 10.8 Å². The Kier molecular flexibility index (Phi) is 3.05. The number of hydrogen-bond donors (Lipinski definition) is 2. The molecule has 0 saturated heterocycles. The number of fused-ring (bicyclic) bond motifs is 1. The Bertz CT molecular complexity index is 572. The van der Waals surface area contributed by atoms with E-state index in [0.29, 0.717) is 5.56 Å². The standard InChI is InChI=1S/C13H11NO3/c15-12(16)8-14-13(17)11-7-3-5-9-4-1-2-6-10(9)11/h1-7H,8H2,(H,14,17)(H,15,16). The lowest BCUT2D eigenvalue weighted by Gasteiger charge is -2.06. The molecule has 0 spiro atoms. The van der Waals surface area contributed by atoms with Crippen molar-refractivity contribution in [2.24, 2.45) is 0 Å². The normalized spacial score (nSPS) is 10.1. The molecule has 0 heterocycles. The summed E-state index contributed by atoms with van der Waals surface area (Å²) in [6.07, 6.45) is 0. The van der Waals surface area contributed by atoms with Gasteiger partial charge in [0.2, 0.25) is 0 Å². The summed E-state index contributed by atoms with van der Waals surface area (Å²) in [5.74, 6) is -1.43.